The Labute approximate surface area is 151 Å². The molecule has 1 amide bonds. The number of nitrogens with zero attached hydrogens (tertiary/aromatic N) is 1. The quantitative estimate of drug-likeness (QED) is 0.893. The second kappa shape index (κ2) is 8.33. The number of aryl methyl sites for hydroxylation is 1. The average Bonchev–Trinajstić information content (AvgIpc) is 2.64. The van der Waals surface area contributed by atoms with Crippen molar-refractivity contribution >= 4 is 5.91 Å². The van der Waals surface area contributed by atoms with E-state index in [4.69, 9.17) is 4.74 Å². The van der Waals surface area contributed by atoms with E-state index in [1.165, 1.54) is 30.4 Å². The van der Waals surface area contributed by atoms with Crippen LogP contribution in [0.2, 0.25) is 0 Å². The van der Waals surface area contributed by atoms with Crippen molar-refractivity contribution in [3.8, 4) is 0 Å². The highest BCUT2D eigenvalue weighted by Gasteiger charge is 2.42. The van der Waals surface area contributed by atoms with Gasteiger partial charge in [-0.1, -0.05) is 30.7 Å². The topological polar surface area (TPSA) is 41.6 Å². The molecule has 1 aromatic rings. The van der Waals surface area contributed by atoms with E-state index in [0.29, 0.717) is 19.3 Å². The van der Waals surface area contributed by atoms with E-state index in [2.05, 4.69) is 36.2 Å². The number of carbonyl (C=O) groups is 1. The van der Waals surface area contributed by atoms with E-state index < -0.39 is 5.41 Å². The fourth-order valence-electron chi connectivity index (χ4n) is 4.42. The van der Waals surface area contributed by atoms with Gasteiger partial charge in [-0.15, -0.1) is 0 Å². The maximum absolute atomic E-state index is 13.2. The predicted molar refractivity (Wildman–Crippen MR) is 101 cm³/mol. The monoisotopic (exact) mass is 344 g/mol. The number of piperidine rings is 1. The summed E-state index contributed by atoms with van der Waals surface area (Å²) in [7, 11) is 0. The zero-order chi connectivity index (χ0) is 17.7. The molecule has 2 heterocycles. The third-order valence-electron chi connectivity index (χ3n) is 6.07. The summed E-state index contributed by atoms with van der Waals surface area (Å²) in [5, 5.41) is 3.25. The lowest BCUT2D eigenvalue weighted by Crippen LogP contribution is -2.50. The summed E-state index contributed by atoms with van der Waals surface area (Å²) in [5.41, 5.74) is 1.93. The molecule has 0 unspecified atom stereocenters. The van der Waals surface area contributed by atoms with Gasteiger partial charge in [-0.3, -0.25) is 9.69 Å². The molecule has 138 valence electrons. The molecule has 1 aromatic carbocycles. The molecule has 0 aromatic heterocycles. The lowest BCUT2D eigenvalue weighted by Gasteiger charge is -2.38. The highest BCUT2D eigenvalue weighted by atomic mass is 16.5. The Hall–Kier alpha value is -1.39. The summed E-state index contributed by atoms with van der Waals surface area (Å²) in [5.74, 6) is 0.176. The molecular weight excluding hydrogens is 312 g/mol. The van der Waals surface area contributed by atoms with E-state index in [9.17, 15) is 4.79 Å². The van der Waals surface area contributed by atoms with Gasteiger partial charge >= 0.3 is 0 Å². The molecule has 2 fully saturated rings. The first kappa shape index (κ1) is 18.4. The number of likely N-dealkylation sites (tertiary alicyclic amines) is 1. The molecule has 2 aliphatic rings. The van der Waals surface area contributed by atoms with Gasteiger partial charge < -0.3 is 10.1 Å². The maximum Gasteiger partial charge on any atom is 0.230 e. The molecule has 1 atom stereocenters. The standard InChI is InChI=1S/C21H32N2O2/c1-17-7-3-4-9-19(17)21(10-15-25-16-11-21)20(24)22-12-14-23-13-6-5-8-18(23)2/h3-4,7,9,18H,5-6,8,10-16H2,1-2H3,(H,22,24)/t18-/m1/s1. The molecule has 25 heavy (non-hydrogen) atoms. The summed E-state index contributed by atoms with van der Waals surface area (Å²) in [4.78, 5) is 15.7. The second-order valence-corrected chi connectivity index (χ2v) is 7.65. The van der Waals surface area contributed by atoms with Crippen molar-refractivity contribution in [2.75, 3.05) is 32.8 Å². The number of nitrogens with one attached hydrogen (secondary N) is 1. The van der Waals surface area contributed by atoms with Crippen LogP contribution in [0.4, 0.5) is 0 Å². The summed E-state index contributed by atoms with van der Waals surface area (Å²) >= 11 is 0. The van der Waals surface area contributed by atoms with E-state index in [1.54, 1.807) is 0 Å². The number of rotatable bonds is 5. The van der Waals surface area contributed by atoms with Gasteiger partial charge in [0.25, 0.3) is 0 Å². The van der Waals surface area contributed by atoms with Crippen LogP contribution >= 0.6 is 0 Å². The van der Waals surface area contributed by atoms with Crippen molar-refractivity contribution in [1.29, 1.82) is 0 Å². The van der Waals surface area contributed by atoms with Crippen LogP contribution in [0.5, 0.6) is 0 Å². The number of hydrogen-bond donors (Lipinski definition) is 1. The van der Waals surface area contributed by atoms with E-state index >= 15 is 0 Å². The van der Waals surface area contributed by atoms with Gasteiger partial charge in [0.2, 0.25) is 5.91 Å². The lowest BCUT2D eigenvalue weighted by molar-refractivity contribution is -0.130. The number of carbonyl (C=O) groups excluding carboxylic acids is 1. The smallest absolute Gasteiger partial charge is 0.230 e. The predicted octanol–water partition coefficient (Wildman–Crippen LogP) is 3.03. The summed E-state index contributed by atoms with van der Waals surface area (Å²) < 4.78 is 5.56. The summed E-state index contributed by atoms with van der Waals surface area (Å²) in [6, 6.07) is 8.95. The highest BCUT2D eigenvalue weighted by Crippen LogP contribution is 2.36. The molecule has 2 aliphatic heterocycles. The Morgan fingerprint density at radius 3 is 2.76 bits per heavy atom. The molecule has 0 bridgehead atoms. The molecule has 2 saturated heterocycles. The molecule has 3 rings (SSSR count). The first-order valence-corrected chi connectivity index (χ1v) is 9.80. The van der Waals surface area contributed by atoms with Gasteiger partial charge in [0.15, 0.2) is 0 Å². The van der Waals surface area contributed by atoms with Crippen LogP contribution in [0.15, 0.2) is 24.3 Å². The molecule has 4 heteroatoms. The minimum absolute atomic E-state index is 0.176. The van der Waals surface area contributed by atoms with Crippen LogP contribution in [0, 0.1) is 6.92 Å². The van der Waals surface area contributed by atoms with Crippen LogP contribution in [-0.4, -0.2) is 49.7 Å². The summed E-state index contributed by atoms with van der Waals surface area (Å²) in [6.45, 7) is 8.57. The first-order chi connectivity index (χ1) is 12.1. The number of amides is 1. The molecule has 1 N–H and O–H groups in total. The Kier molecular flexibility index (Phi) is 6.13. The van der Waals surface area contributed by atoms with Crippen molar-refractivity contribution in [2.24, 2.45) is 0 Å². The molecule has 0 radical (unpaired) electrons. The van der Waals surface area contributed by atoms with Crippen molar-refractivity contribution in [2.45, 2.75) is 57.4 Å². The van der Waals surface area contributed by atoms with E-state index in [-0.39, 0.29) is 5.91 Å². The number of benzene rings is 1. The molecule has 4 nitrogen and oxygen atoms in total. The van der Waals surface area contributed by atoms with E-state index in [0.717, 1.165) is 32.5 Å². The zero-order valence-electron chi connectivity index (χ0n) is 15.7. The third kappa shape index (κ3) is 4.06. The third-order valence-corrected chi connectivity index (χ3v) is 6.07. The minimum Gasteiger partial charge on any atom is -0.381 e. The molecule has 0 spiro atoms. The fraction of sp³-hybridized carbons (Fsp3) is 0.667. The Morgan fingerprint density at radius 2 is 2.04 bits per heavy atom. The van der Waals surface area contributed by atoms with Gasteiger partial charge in [-0.2, -0.15) is 0 Å². The zero-order valence-corrected chi connectivity index (χ0v) is 15.7. The highest BCUT2D eigenvalue weighted by molar-refractivity contribution is 5.88. The van der Waals surface area contributed by atoms with Crippen molar-refractivity contribution in [3.63, 3.8) is 0 Å². The summed E-state index contributed by atoms with van der Waals surface area (Å²) in [6.07, 6.45) is 5.43. The maximum atomic E-state index is 13.2. The molecule has 0 aliphatic carbocycles. The van der Waals surface area contributed by atoms with Gasteiger partial charge in [0.05, 0.1) is 5.41 Å². The van der Waals surface area contributed by atoms with E-state index in [1.807, 2.05) is 12.1 Å². The largest absolute Gasteiger partial charge is 0.381 e. The Bertz CT molecular complexity index is 581. The molecule has 0 saturated carbocycles. The number of ether oxygens (including phenoxy) is 1. The second-order valence-electron chi connectivity index (χ2n) is 7.65. The van der Waals surface area contributed by atoms with Crippen LogP contribution in [0.1, 0.15) is 50.2 Å². The van der Waals surface area contributed by atoms with Crippen LogP contribution in [-0.2, 0) is 14.9 Å². The first-order valence-electron chi connectivity index (χ1n) is 9.80. The van der Waals surface area contributed by atoms with Gasteiger partial charge in [0, 0.05) is 32.3 Å². The fourth-order valence-corrected chi connectivity index (χ4v) is 4.42. The van der Waals surface area contributed by atoms with Crippen LogP contribution in [0.25, 0.3) is 0 Å². The Balaban J connectivity index is 1.67. The van der Waals surface area contributed by atoms with Crippen molar-refractivity contribution in [1.82, 2.24) is 10.2 Å². The lowest BCUT2D eigenvalue weighted by atomic mass is 9.72. The van der Waals surface area contributed by atoms with Crippen LogP contribution < -0.4 is 5.32 Å². The SMILES string of the molecule is Cc1ccccc1C1(C(=O)NCCN2CCCC[C@H]2C)CCOCC1. The van der Waals surface area contributed by atoms with Gasteiger partial charge in [0.1, 0.15) is 0 Å². The average molecular weight is 344 g/mol. The minimum atomic E-state index is -0.433. The van der Waals surface area contributed by atoms with Gasteiger partial charge in [-0.25, -0.2) is 0 Å². The normalized spacial score (nSPS) is 24.0. The Morgan fingerprint density at radius 1 is 1.28 bits per heavy atom. The van der Waals surface area contributed by atoms with Crippen molar-refractivity contribution in [3.05, 3.63) is 35.4 Å². The van der Waals surface area contributed by atoms with Crippen LogP contribution in [0.3, 0.4) is 0 Å². The van der Waals surface area contributed by atoms with Gasteiger partial charge in [-0.05, 0) is 57.2 Å². The molecular formula is C21H32N2O2. The van der Waals surface area contributed by atoms with Crippen molar-refractivity contribution < 1.29 is 9.53 Å². The number of hydrogen-bond acceptors (Lipinski definition) is 3.